The van der Waals surface area contributed by atoms with E-state index in [-0.39, 0.29) is 11.2 Å². The number of hydrogen-bond donors (Lipinski definition) is 0. The maximum absolute atomic E-state index is 12.3. The summed E-state index contributed by atoms with van der Waals surface area (Å²) >= 11 is 1.82. The van der Waals surface area contributed by atoms with E-state index in [0.29, 0.717) is 12.3 Å². The number of thioether (sulfide) groups is 1. The van der Waals surface area contributed by atoms with Crippen LogP contribution in [0.25, 0.3) is 0 Å². The van der Waals surface area contributed by atoms with E-state index in [1.807, 2.05) is 48.2 Å². The minimum Gasteiger partial charge on any atom is -0.447 e. The quantitative estimate of drug-likeness (QED) is 0.779. The molecular formula is C19H18N2O2S. The first-order chi connectivity index (χ1) is 11.6. The van der Waals surface area contributed by atoms with E-state index in [2.05, 4.69) is 23.3 Å². The van der Waals surface area contributed by atoms with Crippen molar-refractivity contribution in [3.05, 3.63) is 65.7 Å². The Bertz CT molecular complexity index is 821. The highest BCUT2D eigenvalue weighted by Crippen LogP contribution is 2.55. The number of benzene rings is 2. The van der Waals surface area contributed by atoms with Gasteiger partial charge >= 0.3 is 0 Å². The van der Waals surface area contributed by atoms with Gasteiger partial charge in [0.2, 0.25) is 17.5 Å². The Morgan fingerprint density at radius 3 is 2.67 bits per heavy atom. The second-order valence-electron chi connectivity index (χ2n) is 6.05. The summed E-state index contributed by atoms with van der Waals surface area (Å²) in [5.41, 5.74) is 1.39. The molecule has 2 aromatic carbocycles. The van der Waals surface area contributed by atoms with Crippen molar-refractivity contribution in [1.29, 1.82) is 0 Å². The normalized spacial score (nSPS) is 25.2. The molecule has 5 heteroatoms. The molecule has 1 amide bonds. The Morgan fingerprint density at radius 2 is 1.92 bits per heavy atom. The van der Waals surface area contributed by atoms with Gasteiger partial charge in [0, 0.05) is 36.0 Å². The highest BCUT2D eigenvalue weighted by Gasteiger charge is 2.53. The van der Waals surface area contributed by atoms with E-state index in [1.165, 1.54) is 17.5 Å². The number of ether oxygens (including phenoxy) is 1. The summed E-state index contributed by atoms with van der Waals surface area (Å²) in [6, 6.07) is 18.5. The van der Waals surface area contributed by atoms with Crippen molar-refractivity contribution in [3.63, 3.8) is 0 Å². The van der Waals surface area contributed by atoms with E-state index in [0.717, 1.165) is 10.5 Å². The number of nitrogens with zero attached hydrogens (tertiary/aromatic N) is 2. The lowest BCUT2D eigenvalue weighted by Crippen LogP contribution is -2.46. The molecule has 0 N–H and O–H groups in total. The van der Waals surface area contributed by atoms with Gasteiger partial charge in [-0.05, 0) is 11.6 Å². The van der Waals surface area contributed by atoms with Gasteiger partial charge in [0.15, 0.2) is 0 Å². The fourth-order valence-electron chi connectivity index (χ4n) is 3.45. The molecular weight excluding hydrogens is 320 g/mol. The predicted molar refractivity (Wildman–Crippen MR) is 94.5 cm³/mol. The number of rotatable bonds is 1. The minimum atomic E-state index is -0.849. The van der Waals surface area contributed by atoms with Crippen LogP contribution in [-0.2, 0) is 15.3 Å². The number of hydrogen-bond acceptors (Lipinski definition) is 4. The SMILES string of the molecule is CC(=O)N1N=C(C)OC12CC(c1ccccc1)Sc1ccccc12. The van der Waals surface area contributed by atoms with E-state index >= 15 is 0 Å². The second kappa shape index (κ2) is 5.67. The Kier molecular flexibility index (Phi) is 3.61. The molecule has 0 radical (unpaired) electrons. The molecule has 0 saturated carbocycles. The van der Waals surface area contributed by atoms with Gasteiger partial charge in [0.25, 0.3) is 0 Å². The first-order valence-corrected chi connectivity index (χ1v) is 8.84. The molecule has 2 aromatic rings. The lowest BCUT2D eigenvalue weighted by Gasteiger charge is -2.41. The monoisotopic (exact) mass is 338 g/mol. The molecule has 2 unspecified atom stereocenters. The third-order valence-electron chi connectivity index (χ3n) is 4.41. The molecule has 2 aliphatic heterocycles. The Labute approximate surface area is 145 Å². The maximum Gasteiger partial charge on any atom is 0.243 e. The lowest BCUT2D eigenvalue weighted by molar-refractivity contribution is -0.151. The molecule has 4 rings (SSSR count). The molecule has 0 fully saturated rings. The summed E-state index contributed by atoms with van der Waals surface area (Å²) < 4.78 is 6.18. The van der Waals surface area contributed by atoms with Gasteiger partial charge < -0.3 is 4.74 Å². The molecule has 2 aliphatic rings. The molecule has 2 atom stereocenters. The Balaban J connectivity index is 1.85. The summed E-state index contributed by atoms with van der Waals surface area (Å²) in [6.07, 6.45) is 0.666. The average molecular weight is 338 g/mol. The Morgan fingerprint density at radius 1 is 1.21 bits per heavy atom. The van der Waals surface area contributed by atoms with Crippen LogP contribution in [0.4, 0.5) is 0 Å². The molecule has 0 saturated heterocycles. The van der Waals surface area contributed by atoms with Crippen LogP contribution in [-0.4, -0.2) is 16.8 Å². The fraction of sp³-hybridized carbons (Fsp3) is 0.263. The van der Waals surface area contributed by atoms with Crippen molar-refractivity contribution in [2.75, 3.05) is 0 Å². The highest BCUT2D eigenvalue weighted by atomic mass is 32.2. The number of amides is 1. The van der Waals surface area contributed by atoms with Crippen LogP contribution in [0.5, 0.6) is 0 Å². The van der Waals surface area contributed by atoms with Crippen LogP contribution >= 0.6 is 11.8 Å². The number of carbonyl (C=O) groups is 1. The van der Waals surface area contributed by atoms with Crippen LogP contribution < -0.4 is 0 Å². The third-order valence-corrected chi connectivity index (χ3v) is 5.74. The van der Waals surface area contributed by atoms with Crippen molar-refractivity contribution in [2.24, 2.45) is 5.10 Å². The average Bonchev–Trinajstić information content (AvgIpc) is 2.92. The first-order valence-electron chi connectivity index (χ1n) is 7.96. The predicted octanol–water partition coefficient (Wildman–Crippen LogP) is 4.29. The van der Waals surface area contributed by atoms with Crippen molar-refractivity contribution in [2.45, 2.75) is 36.1 Å². The van der Waals surface area contributed by atoms with Crippen LogP contribution in [0.3, 0.4) is 0 Å². The van der Waals surface area contributed by atoms with Crippen LogP contribution in [0.1, 0.15) is 36.6 Å². The van der Waals surface area contributed by atoms with Gasteiger partial charge in [-0.3, -0.25) is 4.79 Å². The molecule has 4 nitrogen and oxygen atoms in total. The van der Waals surface area contributed by atoms with Crippen molar-refractivity contribution in [3.8, 4) is 0 Å². The van der Waals surface area contributed by atoms with Crippen molar-refractivity contribution in [1.82, 2.24) is 5.01 Å². The summed E-state index contributed by atoms with van der Waals surface area (Å²) in [5.74, 6) is 0.416. The molecule has 0 aliphatic carbocycles. The maximum atomic E-state index is 12.3. The zero-order valence-corrected chi connectivity index (χ0v) is 14.4. The van der Waals surface area contributed by atoms with Gasteiger partial charge in [-0.2, -0.15) is 5.01 Å². The number of carbonyl (C=O) groups excluding carboxylic acids is 1. The van der Waals surface area contributed by atoms with Gasteiger partial charge in [0.1, 0.15) is 0 Å². The standard InChI is InChI=1S/C19H18N2O2S/c1-13-20-21(14(2)22)19(23-13)12-18(15-8-4-3-5-9-15)24-17-11-7-6-10-16(17)19/h3-11,18H,12H2,1-2H3. The van der Waals surface area contributed by atoms with E-state index in [4.69, 9.17) is 4.74 Å². The van der Waals surface area contributed by atoms with Gasteiger partial charge in [-0.1, -0.05) is 48.5 Å². The topological polar surface area (TPSA) is 41.9 Å². The zero-order valence-electron chi connectivity index (χ0n) is 13.6. The smallest absolute Gasteiger partial charge is 0.243 e. The molecule has 0 bridgehead atoms. The zero-order chi connectivity index (χ0) is 16.7. The third kappa shape index (κ3) is 2.31. The summed E-state index contributed by atoms with van der Waals surface area (Å²) in [7, 11) is 0. The molecule has 1 spiro atoms. The molecule has 24 heavy (non-hydrogen) atoms. The van der Waals surface area contributed by atoms with Gasteiger partial charge in [-0.25, -0.2) is 0 Å². The minimum absolute atomic E-state index is 0.111. The Hall–Kier alpha value is -2.27. The van der Waals surface area contributed by atoms with Crippen molar-refractivity contribution < 1.29 is 9.53 Å². The molecule has 122 valence electrons. The van der Waals surface area contributed by atoms with Crippen LogP contribution in [0, 0.1) is 0 Å². The number of hydrazone groups is 1. The molecule has 2 heterocycles. The van der Waals surface area contributed by atoms with Crippen LogP contribution in [0.2, 0.25) is 0 Å². The largest absolute Gasteiger partial charge is 0.447 e. The van der Waals surface area contributed by atoms with Gasteiger partial charge in [-0.15, -0.1) is 16.9 Å². The highest BCUT2D eigenvalue weighted by molar-refractivity contribution is 7.99. The summed E-state index contributed by atoms with van der Waals surface area (Å²) in [4.78, 5) is 13.4. The number of fused-ring (bicyclic) bond motifs is 2. The fourth-order valence-corrected chi connectivity index (χ4v) is 4.87. The summed E-state index contributed by atoms with van der Waals surface area (Å²) in [5, 5.41) is 6.07. The van der Waals surface area contributed by atoms with E-state index in [9.17, 15) is 4.79 Å². The van der Waals surface area contributed by atoms with E-state index < -0.39 is 5.72 Å². The second-order valence-corrected chi connectivity index (χ2v) is 7.30. The lowest BCUT2D eigenvalue weighted by atomic mass is 9.93. The summed E-state index contributed by atoms with van der Waals surface area (Å²) in [6.45, 7) is 3.33. The van der Waals surface area contributed by atoms with E-state index in [1.54, 1.807) is 6.92 Å². The van der Waals surface area contributed by atoms with Crippen molar-refractivity contribution >= 4 is 23.6 Å². The first kappa shape index (κ1) is 15.3. The van der Waals surface area contributed by atoms with Crippen LogP contribution in [0.15, 0.2) is 64.6 Å². The van der Waals surface area contributed by atoms with Gasteiger partial charge in [0.05, 0.1) is 0 Å². The molecule has 0 aromatic heterocycles.